The summed E-state index contributed by atoms with van der Waals surface area (Å²) in [6.45, 7) is 3.67. The first-order chi connectivity index (χ1) is 12.6. The molecule has 2 fully saturated rings. The van der Waals surface area contributed by atoms with E-state index in [2.05, 4.69) is 30.2 Å². The molecule has 1 saturated heterocycles. The number of carbonyl (C=O) groups is 1. The van der Waals surface area contributed by atoms with Crippen molar-refractivity contribution in [1.82, 2.24) is 25.3 Å². The fourth-order valence-corrected chi connectivity index (χ4v) is 3.60. The van der Waals surface area contributed by atoms with Gasteiger partial charge in [-0.15, -0.1) is 0 Å². The highest BCUT2D eigenvalue weighted by molar-refractivity contribution is 5.95. The van der Waals surface area contributed by atoms with Crippen LogP contribution in [0.2, 0.25) is 0 Å². The van der Waals surface area contributed by atoms with E-state index in [-0.39, 0.29) is 23.4 Å². The summed E-state index contributed by atoms with van der Waals surface area (Å²) in [5.74, 6) is 0.731. The third kappa shape index (κ3) is 3.31. The first kappa shape index (κ1) is 16.7. The van der Waals surface area contributed by atoms with E-state index < -0.39 is 0 Å². The highest BCUT2D eigenvalue weighted by Gasteiger charge is 2.33. The molecule has 0 unspecified atom stereocenters. The van der Waals surface area contributed by atoms with Crippen LogP contribution in [0, 0.1) is 6.92 Å². The molecular formula is C18H22N6O2. The van der Waals surface area contributed by atoms with Crippen LogP contribution >= 0.6 is 0 Å². The zero-order valence-corrected chi connectivity index (χ0v) is 14.7. The third-order valence-electron chi connectivity index (χ3n) is 5.20. The summed E-state index contributed by atoms with van der Waals surface area (Å²) in [6, 6.07) is 1.67. The molecule has 1 aliphatic carbocycles. The van der Waals surface area contributed by atoms with Gasteiger partial charge in [0.2, 0.25) is 5.95 Å². The smallest absolute Gasteiger partial charge is 0.254 e. The molecule has 1 amide bonds. The summed E-state index contributed by atoms with van der Waals surface area (Å²) in [4.78, 5) is 41.9. The number of nitrogens with one attached hydrogen (secondary N) is 2. The predicted octanol–water partition coefficient (Wildman–Crippen LogP) is 1.14. The standard InChI is InChI=1S/C18H22N6O2/c1-11-14(9-19-10-20-11)17(26)21-13-6-12(7-13)15-8-16(25)23-18(22-15)24-4-2-3-5-24/h8-10,12-13H,2-7H2,1H3,(H,21,26)(H,22,23,25). The van der Waals surface area contributed by atoms with Gasteiger partial charge in [-0.1, -0.05) is 0 Å². The van der Waals surface area contributed by atoms with E-state index in [1.807, 2.05) is 0 Å². The monoisotopic (exact) mass is 354 g/mol. The molecule has 0 aromatic carbocycles. The fraction of sp³-hybridized carbons (Fsp3) is 0.500. The number of carbonyl (C=O) groups excluding carboxylic acids is 1. The highest BCUT2D eigenvalue weighted by Crippen LogP contribution is 2.36. The van der Waals surface area contributed by atoms with Gasteiger partial charge in [-0.05, 0) is 32.6 Å². The van der Waals surface area contributed by atoms with Crippen LogP contribution in [0.3, 0.4) is 0 Å². The lowest BCUT2D eigenvalue weighted by Gasteiger charge is -2.35. The first-order valence-corrected chi connectivity index (χ1v) is 9.04. The van der Waals surface area contributed by atoms with Gasteiger partial charge in [-0.25, -0.2) is 15.0 Å². The van der Waals surface area contributed by atoms with Crippen molar-refractivity contribution >= 4 is 11.9 Å². The Bertz CT molecular complexity index is 868. The van der Waals surface area contributed by atoms with Crippen molar-refractivity contribution in [2.45, 2.75) is 44.6 Å². The van der Waals surface area contributed by atoms with Gasteiger partial charge >= 0.3 is 0 Å². The number of anilines is 1. The van der Waals surface area contributed by atoms with Crippen molar-refractivity contribution in [1.29, 1.82) is 0 Å². The van der Waals surface area contributed by atoms with Crippen LogP contribution in [0.15, 0.2) is 23.4 Å². The Kier molecular flexibility index (Phi) is 4.40. The number of nitrogens with zero attached hydrogens (tertiary/aromatic N) is 4. The number of hydrogen-bond acceptors (Lipinski definition) is 6. The molecule has 1 aliphatic heterocycles. The van der Waals surface area contributed by atoms with Gasteiger partial charge in [-0.2, -0.15) is 0 Å². The maximum absolute atomic E-state index is 12.3. The van der Waals surface area contributed by atoms with E-state index in [4.69, 9.17) is 0 Å². The first-order valence-electron chi connectivity index (χ1n) is 9.04. The van der Waals surface area contributed by atoms with Crippen LogP contribution in [-0.4, -0.2) is 45.0 Å². The normalized spacial score (nSPS) is 22.1. The van der Waals surface area contributed by atoms with E-state index in [0.29, 0.717) is 17.2 Å². The van der Waals surface area contributed by atoms with E-state index >= 15 is 0 Å². The molecule has 4 rings (SSSR count). The number of hydrogen-bond donors (Lipinski definition) is 2. The lowest BCUT2D eigenvalue weighted by Crippen LogP contribution is -2.44. The molecule has 3 heterocycles. The highest BCUT2D eigenvalue weighted by atomic mass is 16.1. The SMILES string of the molecule is Cc1ncncc1C(=O)NC1CC(c2cc(=O)[nH]c(N3CCCC3)n2)C1. The van der Waals surface area contributed by atoms with Gasteiger partial charge in [-0.3, -0.25) is 14.6 Å². The summed E-state index contributed by atoms with van der Waals surface area (Å²) in [5, 5.41) is 3.01. The average Bonchev–Trinajstić information content (AvgIpc) is 3.12. The Morgan fingerprint density at radius 2 is 2.08 bits per heavy atom. The Balaban J connectivity index is 1.39. The molecule has 8 nitrogen and oxygen atoms in total. The van der Waals surface area contributed by atoms with Crippen molar-refractivity contribution in [2.75, 3.05) is 18.0 Å². The van der Waals surface area contributed by atoms with Gasteiger partial charge in [0.25, 0.3) is 11.5 Å². The minimum Gasteiger partial charge on any atom is -0.349 e. The van der Waals surface area contributed by atoms with Gasteiger partial charge in [0.05, 0.1) is 17.0 Å². The van der Waals surface area contributed by atoms with E-state index in [9.17, 15) is 9.59 Å². The summed E-state index contributed by atoms with van der Waals surface area (Å²) in [6.07, 6.45) is 6.81. The molecule has 26 heavy (non-hydrogen) atoms. The topological polar surface area (TPSA) is 104 Å². The number of H-pyrrole nitrogens is 1. The van der Waals surface area contributed by atoms with Crippen molar-refractivity contribution < 1.29 is 4.79 Å². The van der Waals surface area contributed by atoms with Crippen LogP contribution in [-0.2, 0) is 0 Å². The maximum atomic E-state index is 12.3. The summed E-state index contributed by atoms with van der Waals surface area (Å²) in [5.41, 5.74) is 1.88. The van der Waals surface area contributed by atoms with E-state index in [0.717, 1.165) is 44.5 Å². The van der Waals surface area contributed by atoms with Gasteiger partial charge in [0.15, 0.2) is 0 Å². The second-order valence-electron chi connectivity index (χ2n) is 7.05. The van der Waals surface area contributed by atoms with Crippen LogP contribution in [0.4, 0.5) is 5.95 Å². The second-order valence-corrected chi connectivity index (χ2v) is 7.05. The quantitative estimate of drug-likeness (QED) is 0.853. The molecular weight excluding hydrogens is 332 g/mol. The number of aromatic amines is 1. The lowest BCUT2D eigenvalue weighted by molar-refractivity contribution is 0.0906. The molecule has 0 atom stereocenters. The Hall–Kier alpha value is -2.77. The molecule has 2 aliphatic rings. The number of aromatic nitrogens is 4. The van der Waals surface area contributed by atoms with Crippen LogP contribution in [0.5, 0.6) is 0 Å². The summed E-state index contributed by atoms with van der Waals surface area (Å²) >= 11 is 0. The van der Waals surface area contributed by atoms with Gasteiger partial charge in [0, 0.05) is 37.3 Å². The molecule has 2 aromatic heterocycles. The molecule has 0 spiro atoms. The van der Waals surface area contributed by atoms with Crippen LogP contribution < -0.4 is 15.8 Å². The zero-order valence-electron chi connectivity index (χ0n) is 14.7. The molecule has 1 saturated carbocycles. The van der Waals surface area contributed by atoms with Crippen molar-refractivity contribution in [3.8, 4) is 0 Å². The Morgan fingerprint density at radius 3 is 2.81 bits per heavy atom. The molecule has 136 valence electrons. The van der Waals surface area contributed by atoms with Gasteiger partial charge in [0.1, 0.15) is 6.33 Å². The minimum absolute atomic E-state index is 0.0865. The number of amides is 1. The lowest BCUT2D eigenvalue weighted by atomic mass is 9.78. The van der Waals surface area contributed by atoms with Crippen molar-refractivity contribution in [3.63, 3.8) is 0 Å². The average molecular weight is 354 g/mol. The van der Waals surface area contributed by atoms with E-state index in [1.165, 1.54) is 12.5 Å². The second kappa shape index (κ2) is 6.86. The van der Waals surface area contributed by atoms with Crippen LogP contribution in [0.25, 0.3) is 0 Å². The molecule has 2 N–H and O–H groups in total. The largest absolute Gasteiger partial charge is 0.349 e. The Morgan fingerprint density at radius 1 is 1.31 bits per heavy atom. The molecule has 8 heteroatoms. The molecule has 0 bridgehead atoms. The predicted molar refractivity (Wildman–Crippen MR) is 96.3 cm³/mol. The Labute approximate surface area is 151 Å². The van der Waals surface area contributed by atoms with Gasteiger partial charge < -0.3 is 10.2 Å². The van der Waals surface area contributed by atoms with Crippen LogP contribution in [0.1, 0.15) is 53.3 Å². The maximum Gasteiger partial charge on any atom is 0.254 e. The number of aryl methyl sites for hydroxylation is 1. The molecule has 0 radical (unpaired) electrons. The minimum atomic E-state index is -0.150. The number of rotatable bonds is 4. The molecule has 2 aromatic rings. The summed E-state index contributed by atoms with van der Waals surface area (Å²) in [7, 11) is 0. The summed E-state index contributed by atoms with van der Waals surface area (Å²) < 4.78 is 0. The van der Waals surface area contributed by atoms with Crippen molar-refractivity contribution in [2.24, 2.45) is 0 Å². The fourth-order valence-electron chi connectivity index (χ4n) is 3.60. The van der Waals surface area contributed by atoms with E-state index in [1.54, 1.807) is 13.0 Å². The van der Waals surface area contributed by atoms with Crippen molar-refractivity contribution in [3.05, 3.63) is 45.9 Å². The zero-order chi connectivity index (χ0) is 18.1. The third-order valence-corrected chi connectivity index (χ3v) is 5.20.